The fourth-order valence-corrected chi connectivity index (χ4v) is 1.51. The van der Waals surface area contributed by atoms with Crippen molar-refractivity contribution in [3.05, 3.63) is 33.3 Å². The van der Waals surface area contributed by atoms with Crippen molar-refractivity contribution >= 4 is 29.5 Å². The monoisotopic (exact) mass is 218 g/mol. The maximum atomic E-state index is 10.4. The zero-order valence-electron chi connectivity index (χ0n) is 7.90. The number of carbonyl (C=O) groups excluding carboxylic acids is 1. The van der Waals surface area contributed by atoms with Gasteiger partial charge in [0.25, 0.3) is 0 Å². The molecule has 0 atom stereocenters. The van der Waals surface area contributed by atoms with Crippen LogP contribution in [0.15, 0.2) is 12.1 Å². The highest BCUT2D eigenvalue weighted by Crippen LogP contribution is 2.24. The van der Waals surface area contributed by atoms with Crippen molar-refractivity contribution in [2.45, 2.75) is 20.8 Å². The summed E-state index contributed by atoms with van der Waals surface area (Å²) in [5, 5.41) is 0.815. The van der Waals surface area contributed by atoms with E-state index in [0.29, 0.717) is 21.9 Å². The van der Waals surface area contributed by atoms with Crippen molar-refractivity contribution in [1.29, 1.82) is 0 Å². The molecule has 1 nitrogen and oxygen atoms in total. The van der Waals surface area contributed by atoms with E-state index < -0.39 is 0 Å². The molecule has 0 aliphatic carbocycles. The Balaban J connectivity index is 0.000000671. The molecular formula is C10H12Cl2O. The van der Waals surface area contributed by atoms with E-state index in [2.05, 4.69) is 0 Å². The molecule has 3 heteroatoms. The fraction of sp³-hybridized carbons (Fsp3) is 0.300. The van der Waals surface area contributed by atoms with Gasteiger partial charge in [-0.2, -0.15) is 0 Å². The summed E-state index contributed by atoms with van der Waals surface area (Å²) in [6.45, 7) is 5.87. The summed E-state index contributed by atoms with van der Waals surface area (Å²) >= 11 is 11.4. The molecule has 72 valence electrons. The lowest BCUT2D eigenvalue weighted by Gasteiger charge is -2.00. The standard InChI is InChI=1S/C8H6Cl2O.C2H6/c1-5-2-7(9)6(4-11)8(10)3-5;1-2/h2-4H,1H3;1-2H3. The predicted molar refractivity (Wildman–Crippen MR) is 57.9 cm³/mol. The van der Waals surface area contributed by atoms with Gasteiger partial charge in [0, 0.05) is 0 Å². The molecule has 0 fully saturated rings. The van der Waals surface area contributed by atoms with Crippen molar-refractivity contribution in [2.24, 2.45) is 0 Å². The van der Waals surface area contributed by atoms with Crippen molar-refractivity contribution < 1.29 is 4.79 Å². The first-order chi connectivity index (χ1) is 6.15. The molecule has 0 heterocycles. The second-order valence-electron chi connectivity index (χ2n) is 2.26. The van der Waals surface area contributed by atoms with Crippen LogP contribution in [-0.4, -0.2) is 6.29 Å². The molecule has 0 unspecified atom stereocenters. The van der Waals surface area contributed by atoms with Gasteiger partial charge in [-0.25, -0.2) is 0 Å². The van der Waals surface area contributed by atoms with Crippen molar-refractivity contribution in [1.82, 2.24) is 0 Å². The number of carbonyl (C=O) groups is 1. The summed E-state index contributed by atoms with van der Waals surface area (Å²) in [6.07, 6.45) is 0.657. The van der Waals surface area contributed by atoms with Crippen molar-refractivity contribution in [3.8, 4) is 0 Å². The normalized spacial score (nSPS) is 8.69. The van der Waals surface area contributed by atoms with Crippen molar-refractivity contribution in [3.63, 3.8) is 0 Å². The van der Waals surface area contributed by atoms with E-state index in [1.165, 1.54) is 0 Å². The minimum Gasteiger partial charge on any atom is -0.298 e. The predicted octanol–water partition coefficient (Wildman–Crippen LogP) is 4.14. The Labute approximate surface area is 88.7 Å². The summed E-state index contributed by atoms with van der Waals surface area (Å²) in [7, 11) is 0. The molecule has 1 aromatic rings. The van der Waals surface area contributed by atoms with Crippen LogP contribution in [-0.2, 0) is 0 Å². The van der Waals surface area contributed by atoms with Crippen LogP contribution in [0.5, 0.6) is 0 Å². The molecular weight excluding hydrogens is 207 g/mol. The Bertz CT molecular complexity index is 272. The van der Waals surface area contributed by atoms with E-state index in [1.807, 2.05) is 20.8 Å². The number of rotatable bonds is 1. The number of hydrogen-bond donors (Lipinski definition) is 0. The van der Waals surface area contributed by atoms with Gasteiger partial charge in [-0.15, -0.1) is 0 Å². The SMILES string of the molecule is CC.Cc1cc(Cl)c(C=O)c(Cl)c1. The second kappa shape index (κ2) is 6.01. The molecule has 0 saturated heterocycles. The fourth-order valence-electron chi connectivity index (χ4n) is 0.824. The highest BCUT2D eigenvalue weighted by molar-refractivity contribution is 6.38. The molecule has 0 N–H and O–H groups in total. The van der Waals surface area contributed by atoms with Gasteiger partial charge < -0.3 is 0 Å². The van der Waals surface area contributed by atoms with Crippen LogP contribution in [0.25, 0.3) is 0 Å². The van der Waals surface area contributed by atoms with Crippen LogP contribution < -0.4 is 0 Å². The molecule has 0 amide bonds. The van der Waals surface area contributed by atoms with Gasteiger partial charge in [-0.3, -0.25) is 4.79 Å². The summed E-state index contributed by atoms with van der Waals surface area (Å²) in [4.78, 5) is 10.4. The third kappa shape index (κ3) is 3.37. The molecule has 1 aromatic carbocycles. The van der Waals surface area contributed by atoms with Gasteiger partial charge in [0.05, 0.1) is 15.6 Å². The Morgan fingerprint density at radius 3 is 1.85 bits per heavy atom. The molecule has 0 spiro atoms. The molecule has 0 aliphatic heterocycles. The molecule has 0 bridgehead atoms. The highest BCUT2D eigenvalue weighted by Gasteiger charge is 2.04. The number of halogens is 2. The van der Waals surface area contributed by atoms with E-state index in [9.17, 15) is 4.79 Å². The smallest absolute Gasteiger partial charge is 0.153 e. The van der Waals surface area contributed by atoms with E-state index in [4.69, 9.17) is 23.2 Å². The molecule has 0 aliphatic rings. The molecule has 0 radical (unpaired) electrons. The summed E-state index contributed by atoms with van der Waals surface area (Å²) in [6, 6.07) is 3.41. The van der Waals surface area contributed by atoms with E-state index in [0.717, 1.165) is 5.56 Å². The van der Waals surface area contributed by atoms with Crippen LogP contribution >= 0.6 is 23.2 Å². The van der Waals surface area contributed by atoms with Crippen LogP contribution in [0.2, 0.25) is 10.0 Å². The maximum absolute atomic E-state index is 10.4. The lowest BCUT2D eigenvalue weighted by molar-refractivity contribution is 0.112. The van der Waals surface area contributed by atoms with Gasteiger partial charge in [0.1, 0.15) is 0 Å². The maximum Gasteiger partial charge on any atom is 0.153 e. The topological polar surface area (TPSA) is 17.1 Å². The largest absolute Gasteiger partial charge is 0.298 e. The molecule has 13 heavy (non-hydrogen) atoms. The third-order valence-electron chi connectivity index (χ3n) is 1.34. The summed E-state index contributed by atoms with van der Waals surface area (Å²) < 4.78 is 0. The average Bonchev–Trinajstić information content (AvgIpc) is 2.07. The second-order valence-corrected chi connectivity index (χ2v) is 3.07. The average molecular weight is 219 g/mol. The summed E-state index contributed by atoms with van der Waals surface area (Å²) in [5.74, 6) is 0. The Morgan fingerprint density at radius 2 is 1.54 bits per heavy atom. The Hall–Kier alpha value is -0.530. The lowest BCUT2D eigenvalue weighted by atomic mass is 10.2. The van der Waals surface area contributed by atoms with E-state index in [-0.39, 0.29) is 0 Å². The Kier molecular flexibility index (Phi) is 5.76. The zero-order chi connectivity index (χ0) is 10.4. The van der Waals surface area contributed by atoms with Gasteiger partial charge in [-0.05, 0) is 24.6 Å². The zero-order valence-corrected chi connectivity index (χ0v) is 9.41. The van der Waals surface area contributed by atoms with Crippen LogP contribution in [0, 0.1) is 6.92 Å². The number of aldehydes is 1. The van der Waals surface area contributed by atoms with E-state index in [1.54, 1.807) is 12.1 Å². The summed E-state index contributed by atoms with van der Waals surface area (Å²) in [5.41, 5.74) is 1.31. The number of benzene rings is 1. The van der Waals surface area contributed by atoms with Gasteiger partial charge in [-0.1, -0.05) is 37.0 Å². The lowest BCUT2D eigenvalue weighted by Crippen LogP contribution is -1.85. The van der Waals surface area contributed by atoms with Crippen LogP contribution in [0.1, 0.15) is 29.8 Å². The first-order valence-corrected chi connectivity index (χ1v) is 4.81. The quantitative estimate of drug-likeness (QED) is 0.648. The first-order valence-electron chi connectivity index (χ1n) is 4.06. The number of aryl methyl sites for hydroxylation is 1. The highest BCUT2D eigenvalue weighted by atomic mass is 35.5. The van der Waals surface area contributed by atoms with Crippen LogP contribution in [0.3, 0.4) is 0 Å². The first kappa shape index (κ1) is 12.5. The minimum absolute atomic E-state index is 0.360. The molecule has 0 aromatic heterocycles. The molecule has 1 rings (SSSR count). The Morgan fingerprint density at radius 1 is 1.15 bits per heavy atom. The van der Waals surface area contributed by atoms with E-state index >= 15 is 0 Å². The van der Waals surface area contributed by atoms with Crippen LogP contribution in [0.4, 0.5) is 0 Å². The van der Waals surface area contributed by atoms with Gasteiger partial charge >= 0.3 is 0 Å². The third-order valence-corrected chi connectivity index (χ3v) is 1.97. The number of hydrogen-bond acceptors (Lipinski definition) is 1. The van der Waals surface area contributed by atoms with Gasteiger partial charge in [0.15, 0.2) is 6.29 Å². The van der Waals surface area contributed by atoms with Gasteiger partial charge in [0.2, 0.25) is 0 Å². The molecule has 0 saturated carbocycles. The minimum atomic E-state index is 0.360. The van der Waals surface area contributed by atoms with Crippen molar-refractivity contribution in [2.75, 3.05) is 0 Å².